The van der Waals surface area contributed by atoms with Crippen LogP contribution in [-0.4, -0.2) is 20.2 Å². The predicted octanol–water partition coefficient (Wildman–Crippen LogP) is 2.82. The molecule has 0 saturated carbocycles. The summed E-state index contributed by atoms with van der Waals surface area (Å²) in [6.07, 6.45) is 3.49. The van der Waals surface area contributed by atoms with E-state index >= 15 is 0 Å². The molecule has 0 fully saturated rings. The molecule has 90 valence electrons. The van der Waals surface area contributed by atoms with E-state index in [4.69, 9.17) is 0 Å². The van der Waals surface area contributed by atoms with E-state index in [1.54, 1.807) is 0 Å². The standard InChI is InChI=1S/C12H16N4S/c1-2-3-6-9-16-12(13-14-15-16)10-7-4-5-8-11(10)17/h4-5,7-8,17H,2-3,6,9H2,1H3. The van der Waals surface area contributed by atoms with Crippen LogP contribution in [0.4, 0.5) is 0 Å². The second-order valence-electron chi connectivity index (χ2n) is 3.95. The van der Waals surface area contributed by atoms with Crippen molar-refractivity contribution in [1.82, 2.24) is 20.2 Å². The molecule has 5 heteroatoms. The van der Waals surface area contributed by atoms with Crippen molar-refractivity contribution in [3.8, 4) is 11.4 Å². The summed E-state index contributed by atoms with van der Waals surface area (Å²) in [6.45, 7) is 3.04. The molecule has 2 rings (SSSR count). The zero-order chi connectivity index (χ0) is 12.1. The molecule has 0 atom stereocenters. The molecule has 0 bridgehead atoms. The van der Waals surface area contributed by atoms with E-state index in [2.05, 4.69) is 35.1 Å². The second kappa shape index (κ2) is 5.82. The van der Waals surface area contributed by atoms with Gasteiger partial charge in [0.25, 0.3) is 0 Å². The number of unbranched alkanes of at least 4 members (excludes halogenated alkanes) is 2. The lowest BCUT2D eigenvalue weighted by molar-refractivity contribution is 0.541. The van der Waals surface area contributed by atoms with E-state index < -0.39 is 0 Å². The van der Waals surface area contributed by atoms with Gasteiger partial charge in [-0.05, 0) is 22.9 Å². The molecule has 0 N–H and O–H groups in total. The Morgan fingerprint density at radius 1 is 1.24 bits per heavy atom. The highest BCUT2D eigenvalue weighted by Crippen LogP contribution is 2.23. The molecule has 0 radical (unpaired) electrons. The summed E-state index contributed by atoms with van der Waals surface area (Å²) in [5.41, 5.74) is 0.984. The van der Waals surface area contributed by atoms with Crippen LogP contribution >= 0.6 is 12.6 Å². The lowest BCUT2D eigenvalue weighted by Gasteiger charge is -2.05. The molecule has 17 heavy (non-hydrogen) atoms. The number of tetrazole rings is 1. The Bertz CT molecular complexity index is 481. The van der Waals surface area contributed by atoms with Gasteiger partial charge in [-0.15, -0.1) is 17.7 Å². The molecular formula is C12H16N4S. The van der Waals surface area contributed by atoms with E-state index in [0.29, 0.717) is 0 Å². The van der Waals surface area contributed by atoms with Crippen LogP contribution < -0.4 is 0 Å². The van der Waals surface area contributed by atoms with E-state index in [1.165, 1.54) is 12.8 Å². The van der Waals surface area contributed by atoms with E-state index in [9.17, 15) is 0 Å². The number of aromatic nitrogens is 4. The molecule has 0 saturated heterocycles. The van der Waals surface area contributed by atoms with Gasteiger partial charge in [0.15, 0.2) is 5.82 Å². The van der Waals surface area contributed by atoms with Gasteiger partial charge in [0.2, 0.25) is 0 Å². The fourth-order valence-electron chi connectivity index (χ4n) is 1.72. The molecule has 0 aliphatic rings. The molecule has 0 unspecified atom stereocenters. The van der Waals surface area contributed by atoms with Crippen molar-refractivity contribution >= 4 is 12.6 Å². The van der Waals surface area contributed by atoms with Crippen molar-refractivity contribution in [2.75, 3.05) is 0 Å². The largest absolute Gasteiger partial charge is 0.225 e. The summed E-state index contributed by atoms with van der Waals surface area (Å²) in [5.74, 6) is 0.798. The smallest absolute Gasteiger partial charge is 0.183 e. The van der Waals surface area contributed by atoms with Crippen molar-refractivity contribution in [2.45, 2.75) is 37.6 Å². The Labute approximate surface area is 106 Å². The molecular weight excluding hydrogens is 232 g/mol. The van der Waals surface area contributed by atoms with Gasteiger partial charge in [0, 0.05) is 17.0 Å². The first kappa shape index (κ1) is 12.1. The minimum atomic E-state index is 0.798. The first-order valence-corrected chi connectivity index (χ1v) is 6.32. The molecule has 1 aromatic carbocycles. The van der Waals surface area contributed by atoms with Gasteiger partial charge in [0.05, 0.1) is 0 Å². The third kappa shape index (κ3) is 2.85. The van der Waals surface area contributed by atoms with Crippen LogP contribution in [0.15, 0.2) is 29.2 Å². The van der Waals surface area contributed by atoms with E-state index in [0.717, 1.165) is 29.2 Å². The Kier molecular flexibility index (Phi) is 4.14. The van der Waals surface area contributed by atoms with Gasteiger partial charge in [-0.2, -0.15) is 0 Å². The molecule has 0 amide bonds. The van der Waals surface area contributed by atoms with Crippen LogP contribution in [0.5, 0.6) is 0 Å². The quantitative estimate of drug-likeness (QED) is 0.653. The summed E-state index contributed by atoms with van der Waals surface area (Å²) in [6, 6.07) is 7.87. The Morgan fingerprint density at radius 2 is 2.06 bits per heavy atom. The number of rotatable bonds is 5. The third-order valence-corrected chi connectivity index (χ3v) is 3.04. The first-order chi connectivity index (χ1) is 8.33. The summed E-state index contributed by atoms with van der Waals surface area (Å²) in [4.78, 5) is 0.902. The van der Waals surface area contributed by atoms with Crippen LogP contribution in [-0.2, 0) is 6.54 Å². The zero-order valence-corrected chi connectivity index (χ0v) is 10.8. The first-order valence-electron chi connectivity index (χ1n) is 5.87. The number of nitrogens with zero attached hydrogens (tertiary/aromatic N) is 4. The average Bonchev–Trinajstić information content (AvgIpc) is 2.78. The normalized spacial score (nSPS) is 10.7. The topological polar surface area (TPSA) is 43.6 Å². The predicted molar refractivity (Wildman–Crippen MR) is 70.0 cm³/mol. The number of aryl methyl sites for hydroxylation is 1. The van der Waals surface area contributed by atoms with Gasteiger partial charge in [0.1, 0.15) is 0 Å². The molecule has 2 aromatic rings. The fraction of sp³-hybridized carbons (Fsp3) is 0.417. The molecule has 4 nitrogen and oxygen atoms in total. The minimum Gasteiger partial charge on any atom is -0.225 e. The van der Waals surface area contributed by atoms with Gasteiger partial charge in [-0.3, -0.25) is 0 Å². The lowest BCUT2D eigenvalue weighted by atomic mass is 10.2. The summed E-state index contributed by atoms with van der Waals surface area (Å²) < 4.78 is 1.85. The Hall–Kier alpha value is -1.36. The monoisotopic (exact) mass is 248 g/mol. The lowest BCUT2D eigenvalue weighted by Crippen LogP contribution is -2.03. The number of hydrogen-bond donors (Lipinski definition) is 1. The van der Waals surface area contributed by atoms with Crippen molar-refractivity contribution < 1.29 is 0 Å². The average molecular weight is 248 g/mol. The summed E-state index contributed by atoms with van der Waals surface area (Å²) in [5, 5.41) is 11.9. The van der Waals surface area contributed by atoms with Crippen LogP contribution in [0.1, 0.15) is 26.2 Å². The molecule has 0 aliphatic carbocycles. The fourth-order valence-corrected chi connectivity index (χ4v) is 1.98. The van der Waals surface area contributed by atoms with Gasteiger partial charge in [-0.25, -0.2) is 4.68 Å². The van der Waals surface area contributed by atoms with Crippen molar-refractivity contribution in [3.63, 3.8) is 0 Å². The maximum Gasteiger partial charge on any atom is 0.183 e. The molecule has 0 spiro atoms. The van der Waals surface area contributed by atoms with E-state index in [1.807, 2.05) is 28.9 Å². The summed E-state index contributed by atoms with van der Waals surface area (Å²) in [7, 11) is 0. The second-order valence-corrected chi connectivity index (χ2v) is 4.43. The van der Waals surface area contributed by atoms with Gasteiger partial charge >= 0.3 is 0 Å². The zero-order valence-electron chi connectivity index (χ0n) is 9.87. The van der Waals surface area contributed by atoms with Crippen LogP contribution in [0, 0.1) is 0 Å². The molecule has 1 heterocycles. The number of hydrogen-bond acceptors (Lipinski definition) is 4. The summed E-state index contributed by atoms with van der Waals surface area (Å²) >= 11 is 4.43. The highest BCUT2D eigenvalue weighted by atomic mass is 32.1. The van der Waals surface area contributed by atoms with Crippen molar-refractivity contribution in [2.24, 2.45) is 0 Å². The number of benzene rings is 1. The minimum absolute atomic E-state index is 0.798. The van der Waals surface area contributed by atoms with Crippen molar-refractivity contribution in [1.29, 1.82) is 0 Å². The number of thiol groups is 1. The van der Waals surface area contributed by atoms with E-state index in [-0.39, 0.29) is 0 Å². The van der Waals surface area contributed by atoms with Gasteiger partial charge < -0.3 is 0 Å². The molecule has 1 aromatic heterocycles. The van der Waals surface area contributed by atoms with Crippen LogP contribution in [0.25, 0.3) is 11.4 Å². The Balaban J connectivity index is 2.22. The maximum absolute atomic E-state index is 4.43. The highest BCUT2D eigenvalue weighted by Gasteiger charge is 2.10. The SMILES string of the molecule is CCCCCn1nnnc1-c1ccccc1S. The van der Waals surface area contributed by atoms with Crippen LogP contribution in [0.3, 0.4) is 0 Å². The third-order valence-electron chi connectivity index (χ3n) is 2.65. The Morgan fingerprint density at radius 3 is 2.82 bits per heavy atom. The van der Waals surface area contributed by atoms with Gasteiger partial charge in [-0.1, -0.05) is 38.0 Å². The van der Waals surface area contributed by atoms with Crippen LogP contribution in [0.2, 0.25) is 0 Å². The molecule has 0 aliphatic heterocycles. The van der Waals surface area contributed by atoms with Crippen molar-refractivity contribution in [3.05, 3.63) is 24.3 Å². The maximum atomic E-state index is 4.43. The highest BCUT2D eigenvalue weighted by molar-refractivity contribution is 7.80.